The predicted octanol–water partition coefficient (Wildman–Crippen LogP) is 5.33. The summed E-state index contributed by atoms with van der Waals surface area (Å²) in [4.78, 5) is 0. The molecule has 0 radical (unpaired) electrons. The van der Waals surface area contributed by atoms with E-state index >= 15 is 0 Å². The maximum absolute atomic E-state index is 2.43. The third-order valence-corrected chi connectivity index (χ3v) is 4.43. The molecule has 1 aliphatic rings. The SMILES string of the molecule is CC(C)C[N+]1=CC(c2ccc(C(C)C)cc2)c2ccccc21. The first-order valence-electron chi connectivity index (χ1n) is 8.36. The van der Waals surface area contributed by atoms with Crippen LogP contribution >= 0.6 is 0 Å². The van der Waals surface area contributed by atoms with E-state index in [4.69, 9.17) is 0 Å². The minimum Gasteiger partial charge on any atom is -0.201 e. The average molecular weight is 292 g/mol. The summed E-state index contributed by atoms with van der Waals surface area (Å²) in [6.07, 6.45) is 2.40. The molecule has 0 amide bonds. The molecule has 1 atom stereocenters. The smallest absolute Gasteiger partial charge is 0.201 e. The van der Waals surface area contributed by atoms with Gasteiger partial charge in [0.2, 0.25) is 5.69 Å². The Labute approximate surface area is 134 Å². The zero-order chi connectivity index (χ0) is 15.7. The molecular formula is C21H26N+. The van der Waals surface area contributed by atoms with Crippen LogP contribution in [0, 0.1) is 5.92 Å². The highest BCUT2D eigenvalue weighted by atomic mass is 15.0. The number of benzene rings is 2. The van der Waals surface area contributed by atoms with Crippen LogP contribution in [0.4, 0.5) is 5.69 Å². The minimum atomic E-state index is 0.385. The van der Waals surface area contributed by atoms with Crippen LogP contribution in [0.25, 0.3) is 0 Å². The summed E-state index contributed by atoms with van der Waals surface area (Å²) in [6, 6.07) is 18.0. The third-order valence-electron chi connectivity index (χ3n) is 4.43. The molecular weight excluding hydrogens is 266 g/mol. The van der Waals surface area contributed by atoms with Crippen molar-refractivity contribution in [2.45, 2.75) is 39.5 Å². The Hall–Kier alpha value is -1.89. The van der Waals surface area contributed by atoms with Gasteiger partial charge in [-0.1, -0.05) is 70.2 Å². The highest BCUT2D eigenvalue weighted by Crippen LogP contribution is 2.36. The largest absolute Gasteiger partial charge is 0.209 e. The first kappa shape index (κ1) is 15.0. The fourth-order valence-corrected chi connectivity index (χ4v) is 3.26. The maximum Gasteiger partial charge on any atom is 0.209 e. The lowest BCUT2D eigenvalue weighted by atomic mass is 9.91. The number of fused-ring (bicyclic) bond motifs is 1. The van der Waals surface area contributed by atoms with Crippen molar-refractivity contribution < 1.29 is 4.58 Å². The minimum absolute atomic E-state index is 0.385. The van der Waals surface area contributed by atoms with E-state index in [0.717, 1.165) is 6.54 Å². The van der Waals surface area contributed by atoms with Gasteiger partial charge >= 0.3 is 0 Å². The average Bonchev–Trinajstić information content (AvgIpc) is 2.86. The zero-order valence-corrected chi connectivity index (χ0v) is 14.1. The van der Waals surface area contributed by atoms with Gasteiger partial charge < -0.3 is 0 Å². The normalized spacial score (nSPS) is 17.0. The molecule has 1 nitrogen and oxygen atoms in total. The van der Waals surface area contributed by atoms with E-state index in [1.807, 2.05) is 0 Å². The molecule has 0 bridgehead atoms. The van der Waals surface area contributed by atoms with Crippen LogP contribution in [0.1, 0.15) is 56.2 Å². The van der Waals surface area contributed by atoms with E-state index in [0.29, 0.717) is 17.8 Å². The molecule has 0 saturated heterocycles. The molecule has 0 spiro atoms. The van der Waals surface area contributed by atoms with Crippen LogP contribution in [0.2, 0.25) is 0 Å². The highest BCUT2D eigenvalue weighted by Gasteiger charge is 2.31. The Morgan fingerprint density at radius 3 is 2.23 bits per heavy atom. The van der Waals surface area contributed by atoms with Crippen molar-refractivity contribution in [2.24, 2.45) is 5.92 Å². The third kappa shape index (κ3) is 2.85. The Bertz CT molecular complexity index is 677. The molecule has 114 valence electrons. The van der Waals surface area contributed by atoms with E-state index in [2.05, 4.69) is 87.0 Å². The summed E-state index contributed by atoms with van der Waals surface area (Å²) in [5.41, 5.74) is 5.60. The molecule has 22 heavy (non-hydrogen) atoms. The lowest BCUT2D eigenvalue weighted by molar-refractivity contribution is -0.440. The van der Waals surface area contributed by atoms with Gasteiger partial charge in [-0.3, -0.25) is 0 Å². The van der Waals surface area contributed by atoms with Crippen molar-refractivity contribution in [3.05, 3.63) is 65.2 Å². The molecule has 0 saturated carbocycles. The molecule has 3 rings (SSSR count). The number of hydrogen-bond acceptors (Lipinski definition) is 0. The molecule has 1 unspecified atom stereocenters. The molecule has 1 heterocycles. The highest BCUT2D eigenvalue weighted by molar-refractivity contribution is 5.77. The fraction of sp³-hybridized carbons (Fsp3) is 0.381. The Balaban J connectivity index is 1.98. The molecule has 0 fully saturated rings. The van der Waals surface area contributed by atoms with E-state index in [-0.39, 0.29) is 0 Å². The van der Waals surface area contributed by atoms with Crippen LogP contribution in [0.3, 0.4) is 0 Å². The molecule has 2 aromatic rings. The van der Waals surface area contributed by atoms with Crippen LogP contribution in [0.5, 0.6) is 0 Å². The number of nitrogens with zero attached hydrogens (tertiary/aromatic N) is 1. The summed E-state index contributed by atoms with van der Waals surface area (Å²) >= 11 is 0. The van der Waals surface area contributed by atoms with Crippen molar-refractivity contribution in [1.29, 1.82) is 0 Å². The summed E-state index contributed by atoms with van der Waals surface area (Å²) in [6.45, 7) is 10.1. The van der Waals surface area contributed by atoms with E-state index in [1.54, 1.807) is 0 Å². The number of rotatable bonds is 4. The molecule has 1 aliphatic heterocycles. The van der Waals surface area contributed by atoms with Crippen molar-refractivity contribution in [1.82, 2.24) is 0 Å². The van der Waals surface area contributed by atoms with Crippen molar-refractivity contribution in [2.75, 3.05) is 6.54 Å². The standard InChI is InChI=1S/C21H26N/c1-15(2)13-22-14-20(19-7-5-6-8-21(19)22)18-11-9-17(10-12-18)16(3)4/h5-12,14-16,20H,13H2,1-4H3/q+1. The Morgan fingerprint density at radius 1 is 0.909 bits per heavy atom. The Kier molecular flexibility index (Phi) is 4.15. The quantitative estimate of drug-likeness (QED) is 0.670. The van der Waals surface area contributed by atoms with Gasteiger partial charge in [0.1, 0.15) is 0 Å². The predicted molar refractivity (Wildman–Crippen MR) is 94.5 cm³/mol. The van der Waals surface area contributed by atoms with Gasteiger partial charge in [0.25, 0.3) is 0 Å². The second-order valence-corrected chi connectivity index (χ2v) is 7.05. The van der Waals surface area contributed by atoms with E-state index in [1.165, 1.54) is 22.4 Å². The van der Waals surface area contributed by atoms with Crippen molar-refractivity contribution >= 4 is 11.9 Å². The lowest BCUT2D eigenvalue weighted by Crippen LogP contribution is -2.11. The monoisotopic (exact) mass is 292 g/mol. The summed E-state index contributed by atoms with van der Waals surface area (Å²) < 4.78 is 2.43. The summed E-state index contributed by atoms with van der Waals surface area (Å²) in [5.74, 6) is 1.63. The van der Waals surface area contributed by atoms with Gasteiger partial charge in [0.05, 0.1) is 5.92 Å². The molecule has 2 aromatic carbocycles. The number of para-hydroxylation sites is 1. The first-order chi connectivity index (χ1) is 10.6. The van der Waals surface area contributed by atoms with Gasteiger partial charge in [-0.2, -0.15) is 0 Å². The molecule has 0 N–H and O–H groups in total. The van der Waals surface area contributed by atoms with Crippen LogP contribution in [-0.2, 0) is 0 Å². The zero-order valence-electron chi connectivity index (χ0n) is 14.1. The second-order valence-electron chi connectivity index (χ2n) is 7.05. The maximum atomic E-state index is 2.43. The van der Waals surface area contributed by atoms with Crippen molar-refractivity contribution in [3.63, 3.8) is 0 Å². The van der Waals surface area contributed by atoms with Gasteiger partial charge in [0.15, 0.2) is 12.8 Å². The summed E-state index contributed by atoms with van der Waals surface area (Å²) in [7, 11) is 0. The van der Waals surface area contributed by atoms with Crippen molar-refractivity contribution in [3.8, 4) is 0 Å². The number of hydrogen-bond donors (Lipinski definition) is 0. The molecule has 0 aliphatic carbocycles. The Morgan fingerprint density at radius 2 is 1.59 bits per heavy atom. The van der Waals surface area contributed by atoms with Crippen LogP contribution in [-0.4, -0.2) is 17.3 Å². The van der Waals surface area contributed by atoms with Crippen LogP contribution in [0.15, 0.2) is 48.5 Å². The van der Waals surface area contributed by atoms with Gasteiger partial charge in [0, 0.05) is 17.5 Å². The fourth-order valence-electron chi connectivity index (χ4n) is 3.26. The van der Waals surface area contributed by atoms with E-state index in [9.17, 15) is 0 Å². The second kappa shape index (κ2) is 6.08. The summed E-state index contributed by atoms with van der Waals surface area (Å²) in [5, 5.41) is 0. The van der Waals surface area contributed by atoms with Gasteiger partial charge in [-0.15, -0.1) is 0 Å². The van der Waals surface area contributed by atoms with E-state index < -0.39 is 0 Å². The first-order valence-corrected chi connectivity index (χ1v) is 8.36. The van der Waals surface area contributed by atoms with Gasteiger partial charge in [-0.05, 0) is 17.0 Å². The molecule has 0 aromatic heterocycles. The lowest BCUT2D eigenvalue weighted by Gasteiger charge is -2.09. The van der Waals surface area contributed by atoms with Gasteiger partial charge in [-0.25, -0.2) is 4.58 Å². The topological polar surface area (TPSA) is 3.01 Å². The molecule has 1 heteroatoms. The van der Waals surface area contributed by atoms with Crippen LogP contribution < -0.4 is 0 Å².